The highest BCUT2D eigenvalue weighted by atomic mass is 16.6. The van der Waals surface area contributed by atoms with Gasteiger partial charge in [-0.1, -0.05) is 41.5 Å². The monoisotopic (exact) mass is 660 g/mol. The Morgan fingerprint density at radius 3 is 1.13 bits per heavy atom. The number of amides is 2. The molecule has 0 aliphatic heterocycles. The standard InChI is InChI=1S/C30H48N2O14/c1-7-17(15-29(3,4)27(43)31-19(23(37)38)9-11-21(33)34)25(41)45-13-14-46-26(42)18(8-2)16-30(5,6)28(44)32-20(24(39)40)10-12-22(35)36/h17-20H,7-16H2,1-6H3,(H,31,43)(H,32,44)(H,33,34)(H,35,36)(H,37,38)(H,39,40). The Bertz CT molecular complexity index is 1030. The van der Waals surface area contributed by atoms with Gasteiger partial charge < -0.3 is 40.5 Å². The molecule has 4 unspecified atom stereocenters. The maximum atomic E-state index is 12.8. The number of carboxylic acid groups (broad SMARTS) is 4. The smallest absolute Gasteiger partial charge is 0.326 e. The predicted molar refractivity (Wildman–Crippen MR) is 159 cm³/mol. The molecule has 0 aromatic heterocycles. The summed E-state index contributed by atoms with van der Waals surface area (Å²) in [5.41, 5.74) is -2.42. The van der Waals surface area contributed by atoms with Gasteiger partial charge in [0.2, 0.25) is 11.8 Å². The lowest BCUT2D eigenvalue weighted by molar-refractivity contribution is -0.159. The maximum Gasteiger partial charge on any atom is 0.326 e. The van der Waals surface area contributed by atoms with Gasteiger partial charge in [-0.3, -0.25) is 28.8 Å². The van der Waals surface area contributed by atoms with Crippen LogP contribution in [-0.2, 0) is 47.8 Å². The Kier molecular flexibility index (Phi) is 17.5. The molecule has 4 atom stereocenters. The molecule has 0 bridgehead atoms. The predicted octanol–water partition coefficient (Wildman–Crippen LogP) is 1.83. The minimum atomic E-state index is -1.41. The molecule has 16 heteroatoms. The Balaban J connectivity index is 5.04. The number of carboxylic acids is 4. The molecular weight excluding hydrogens is 612 g/mol. The van der Waals surface area contributed by atoms with E-state index in [1.54, 1.807) is 13.8 Å². The maximum absolute atomic E-state index is 12.8. The second-order valence-corrected chi connectivity index (χ2v) is 12.3. The Hall–Kier alpha value is -4.24. The molecule has 0 saturated heterocycles. The molecule has 0 heterocycles. The van der Waals surface area contributed by atoms with Crippen LogP contribution in [0.3, 0.4) is 0 Å². The van der Waals surface area contributed by atoms with Gasteiger partial charge in [0.25, 0.3) is 0 Å². The van der Waals surface area contributed by atoms with E-state index in [1.807, 2.05) is 0 Å². The SMILES string of the molecule is CCC(CC(C)(C)C(=O)NC(CCC(=O)O)C(=O)O)C(=O)OCCOC(=O)C(CC)CC(C)(C)C(=O)NC(CCC(=O)O)C(=O)O. The average molecular weight is 661 g/mol. The first-order valence-corrected chi connectivity index (χ1v) is 15.0. The van der Waals surface area contributed by atoms with E-state index in [0.29, 0.717) is 0 Å². The minimum absolute atomic E-state index is 0.00662. The molecule has 46 heavy (non-hydrogen) atoms. The van der Waals surface area contributed by atoms with Crippen molar-refractivity contribution in [2.24, 2.45) is 22.7 Å². The second kappa shape index (κ2) is 19.3. The van der Waals surface area contributed by atoms with Crippen LogP contribution in [-0.4, -0.2) is 93.4 Å². The Labute approximate surface area is 267 Å². The lowest BCUT2D eigenvalue weighted by Crippen LogP contribution is -2.47. The van der Waals surface area contributed by atoms with E-state index >= 15 is 0 Å². The third-order valence-corrected chi connectivity index (χ3v) is 7.47. The summed E-state index contributed by atoms with van der Waals surface area (Å²) in [5.74, 6) is -9.39. The lowest BCUT2D eigenvalue weighted by Gasteiger charge is -2.29. The highest BCUT2D eigenvalue weighted by molar-refractivity contribution is 5.88. The van der Waals surface area contributed by atoms with Crippen molar-refractivity contribution < 1.29 is 68.3 Å². The summed E-state index contributed by atoms with van der Waals surface area (Å²) in [5, 5.41) is 40.9. The van der Waals surface area contributed by atoms with E-state index in [-0.39, 0.29) is 51.7 Å². The largest absolute Gasteiger partial charge is 0.481 e. The minimum Gasteiger partial charge on any atom is -0.481 e. The van der Waals surface area contributed by atoms with Crippen LogP contribution in [0.5, 0.6) is 0 Å². The fraction of sp³-hybridized carbons (Fsp3) is 0.733. The molecule has 0 rings (SSSR count). The zero-order valence-electron chi connectivity index (χ0n) is 27.3. The Morgan fingerprint density at radius 2 is 0.891 bits per heavy atom. The van der Waals surface area contributed by atoms with Gasteiger partial charge in [0.05, 0.1) is 11.8 Å². The number of hydrogen-bond donors (Lipinski definition) is 6. The summed E-state index contributed by atoms with van der Waals surface area (Å²) in [4.78, 5) is 95.5. The number of rotatable bonds is 23. The van der Waals surface area contributed by atoms with Gasteiger partial charge in [0.15, 0.2) is 0 Å². The van der Waals surface area contributed by atoms with Crippen LogP contribution in [0.2, 0.25) is 0 Å². The summed E-state index contributed by atoms with van der Waals surface area (Å²) in [6.07, 6.45) is -0.985. The van der Waals surface area contributed by atoms with E-state index in [4.69, 9.17) is 19.7 Å². The van der Waals surface area contributed by atoms with E-state index in [9.17, 15) is 48.6 Å². The lowest BCUT2D eigenvalue weighted by atomic mass is 9.80. The number of nitrogens with one attached hydrogen (secondary N) is 2. The quantitative estimate of drug-likeness (QED) is 0.0675. The van der Waals surface area contributed by atoms with Gasteiger partial charge in [0.1, 0.15) is 25.3 Å². The number of hydrogen-bond acceptors (Lipinski definition) is 10. The van der Waals surface area contributed by atoms with Gasteiger partial charge in [-0.15, -0.1) is 0 Å². The van der Waals surface area contributed by atoms with E-state index in [1.165, 1.54) is 27.7 Å². The Morgan fingerprint density at radius 1 is 0.587 bits per heavy atom. The molecule has 0 spiro atoms. The number of carbonyl (C=O) groups is 8. The van der Waals surface area contributed by atoms with Gasteiger partial charge in [-0.2, -0.15) is 0 Å². The molecular formula is C30H48N2O14. The van der Waals surface area contributed by atoms with Gasteiger partial charge >= 0.3 is 35.8 Å². The molecule has 6 N–H and O–H groups in total. The summed E-state index contributed by atoms with van der Waals surface area (Å²) in [6, 6.07) is -2.83. The van der Waals surface area contributed by atoms with Crippen LogP contribution in [0.1, 0.15) is 92.9 Å². The van der Waals surface area contributed by atoms with Crippen LogP contribution >= 0.6 is 0 Å². The molecule has 0 aliphatic rings. The van der Waals surface area contributed by atoms with Crippen LogP contribution in [0.4, 0.5) is 0 Å². The zero-order chi connectivity index (χ0) is 35.8. The van der Waals surface area contributed by atoms with E-state index in [0.717, 1.165) is 0 Å². The third-order valence-electron chi connectivity index (χ3n) is 7.47. The number of aliphatic carboxylic acids is 4. The first-order valence-electron chi connectivity index (χ1n) is 15.0. The molecule has 2 amide bonds. The van der Waals surface area contributed by atoms with Crippen molar-refractivity contribution in [1.29, 1.82) is 0 Å². The normalized spacial score (nSPS) is 14.1. The molecule has 0 saturated carbocycles. The molecule has 16 nitrogen and oxygen atoms in total. The summed E-state index contributed by atoms with van der Waals surface area (Å²) >= 11 is 0. The van der Waals surface area contributed by atoms with Crippen molar-refractivity contribution in [3.05, 3.63) is 0 Å². The van der Waals surface area contributed by atoms with Crippen LogP contribution in [0, 0.1) is 22.7 Å². The fourth-order valence-electron chi connectivity index (χ4n) is 4.48. The van der Waals surface area contributed by atoms with Crippen LogP contribution < -0.4 is 10.6 Å². The van der Waals surface area contributed by atoms with Crippen molar-refractivity contribution in [2.75, 3.05) is 13.2 Å². The van der Waals surface area contributed by atoms with E-state index in [2.05, 4.69) is 10.6 Å². The molecule has 0 aromatic carbocycles. The average Bonchev–Trinajstić information content (AvgIpc) is 2.95. The summed E-state index contributed by atoms with van der Waals surface area (Å²) in [6.45, 7) is 8.86. The molecule has 0 aromatic rings. The topological polar surface area (TPSA) is 260 Å². The fourth-order valence-corrected chi connectivity index (χ4v) is 4.48. The number of carbonyl (C=O) groups excluding carboxylic acids is 4. The molecule has 0 aliphatic carbocycles. The molecule has 0 fully saturated rings. The first kappa shape index (κ1) is 41.8. The second-order valence-electron chi connectivity index (χ2n) is 12.3. The van der Waals surface area contributed by atoms with Crippen molar-refractivity contribution in [3.63, 3.8) is 0 Å². The van der Waals surface area contributed by atoms with Crippen LogP contribution in [0.25, 0.3) is 0 Å². The van der Waals surface area contributed by atoms with Crippen molar-refractivity contribution in [2.45, 2.75) is 105 Å². The number of esters is 2. The molecule has 262 valence electrons. The van der Waals surface area contributed by atoms with Gasteiger partial charge in [0, 0.05) is 23.7 Å². The highest BCUT2D eigenvalue weighted by Gasteiger charge is 2.37. The van der Waals surface area contributed by atoms with Gasteiger partial charge in [-0.25, -0.2) is 9.59 Å². The highest BCUT2D eigenvalue weighted by Crippen LogP contribution is 2.30. The zero-order valence-corrected chi connectivity index (χ0v) is 27.3. The van der Waals surface area contributed by atoms with E-state index < -0.39 is 95.2 Å². The van der Waals surface area contributed by atoms with Crippen molar-refractivity contribution >= 4 is 47.6 Å². The number of ether oxygens (including phenoxy) is 2. The molecule has 0 radical (unpaired) electrons. The van der Waals surface area contributed by atoms with Gasteiger partial charge in [-0.05, 0) is 38.5 Å². The van der Waals surface area contributed by atoms with Crippen molar-refractivity contribution in [1.82, 2.24) is 10.6 Å². The summed E-state index contributed by atoms with van der Waals surface area (Å²) < 4.78 is 10.5. The van der Waals surface area contributed by atoms with Crippen molar-refractivity contribution in [3.8, 4) is 0 Å². The summed E-state index contributed by atoms with van der Waals surface area (Å²) in [7, 11) is 0. The van der Waals surface area contributed by atoms with Crippen LogP contribution in [0.15, 0.2) is 0 Å². The first-order chi connectivity index (χ1) is 21.2. The third kappa shape index (κ3) is 15.2.